The van der Waals surface area contributed by atoms with Gasteiger partial charge in [-0.05, 0) is 24.8 Å². The highest BCUT2D eigenvalue weighted by molar-refractivity contribution is 6.32. The van der Waals surface area contributed by atoms with Crippen LogP contribution in [0.4, 0.5) is 26.3 Å². The van der Waals surface area contributed by atoms with Crippen LogP contribution in [0.1, 0.15) is 30.9 Å². The molecule has 1 heterocycles. The molecule has 2 rings (SSSR count). The number of piperidine rings is 1. The van der Waals surface area contributed by atoms with Gasteiger partial charge in [-0.1, -0.05) is 30.3 Å². The van der Waals surface area contributed by atoms with E-state index >= 15 is 0 Å². The first-order valence-corrected chi connectivity index (χ1v) is 7.68. The molecule has 0 radical (unpaired) electrons. The number of likely N-dealkylation sites (tertiary alicyclic amines) is 1. The molecule has 1 aliphatic rings. The highest BCUT2D eigenvalue weighted by Gasteiger charge is 2.51. The molecule has 144 valence electrons. The third kappa shape index (κ3) is 4.89. The molecule has 1 aromatic carbocycles. The van der Waals surface area contributed by atoms with Crippen LogP contribution < -0.4 is 0 Å². The second-order valence-electron chi connectivity index (χ2n) is 5.82. The molecule has 26 heavy (non-hydrogen) atoms. The molecule has 4 nitrogen and oxygen atoms in total. The average molecular weight is 383 g/mol. The lowest BCUT2D eigenvalue weighted by Gasteiger charge is -2.42. The zero-order valence-electron chi connectivity index (χ0n) is 13.3. The molecular weight excluding hydrogens is 368 g/mol. The Hall–Kier alpha value is -2.26. The lowest BCUT2D eigenvalue weighted by atomic mass is 9.90. The first-order chi connectivity index (χ1) is 12.0. The maximum Gasteiger partial charge on any atom is 0.422 e. The highest BCUT2D eigenvalue weighted by Crippen LogP contribution is 2.41. The smallest absolute Gasteiger partial charge is 0.422 e. The van der Waals surface area contributed by atoms with Gasteiger partial charge in [0.2, 0.25) is 0 Å². The fourth-order valence-corrected chi connectivity index (χ4v) is 2.92. The number of rotatable bonds is 2. The van der Waals surface area contributed by atoms with E-state index in [1.807, 2.05) is 0 Å². The van der Waals surface area contributed by atoms with Crippen molar-refractivity contribution in [3.05, 3.63) is 35.9 Å². The molecule has 1 fully saturated rings. The summed E-state index contributed by atoms with van der Waals surface area (Å²) in [6.45, 7) is -2.04. The summed E-state index contributed by atoms with van der Waals surface area (Å²) in [6.07, 6.45) is -9.86. The van der Waals surface area contributed by atoms with Crippen molar-refractivity contribution in [2.24, 2.45) is 0 Å². The molecule has 2 unspecified atom stereocenters. The van der Waals surface area contributed by atoms with Gasteiger partial charge in [-0.25, -0.2) is 4.79 Å². The summed E-state index contributed by atoms with van der Waals surface area (Å²) in [4.78, 5) is 24.2. The Morgan fingerprint density at radius 2 is 1.65 bits per heavy atom. The van der Waals surface area contributed by atoms with Crippen LogP contribution >= 0.6 is 0 Å². The Labute approximate surface area is 144 Å². The lowest BCUT2D eigenvalue weighted by Crippen LogP contribution is -2.55. The Morgan fingerprint density at radius 3 is 2.19 bits per heavy atom. The minimum atomic E-state index is -4.89. The number of amides is 1. The van der Waals surface area contributed by atoms with Crippen LogP contribution in [0.3, 0.4) is 0 Å². The number of halogens is 6. The number of esters is 1. The number of hydrogen-bond donors (Lipinski definition) is 0. The predicted molar refractivity (Wildman–Crippen MR) is 76.7 cm³/mol. The van der Waals surface area contributed by atoms with Crippen molar-refractivity contribution in [3.8, 4) is 0 Å². The monoisotopic (exact) mass is 383 g/mol. The van der Waals surface area contributed by atoms with Crippen LogP contribution in [-0.2, 0) is 14.3 Å². The van der Waals surface area contributed by atoms with Gasteiger partial charge in [0, 0.05) is 0 Å². The largest absolute Gasteiger partial charge is 0.449 e. The molecule has 1 saturated heterocycles. The average Bonchev–Trinajstić information content (AvgIpc) is 2.57. The first kappa shape index (κ1) is 20.1. The number of hydrogen-bond acceptors (Lipinski definition) is 3. The predicted octanol–water partition coefficient (Wildman–Crippen LogP) is 3.78. The molecule has 1 aliphatic heterocycles. The standard InChI is InChI=1S/C16H15F6NO3/c17-15(18,19)9-26-14(25)13(24)23-11(10-5-2-1-3-6-10)7-4-8-12(23)16(20,21)22/h1-3,5-6,11-12H,4,7-9H2. The van der Waals surface area contributed by atoms with Crippen LogP contribution in [0, 0.1) is 0 Å². The quantitative estimate of drug-likeness (QED) is 0.444. The van der Waals surface area contributed by atoms with Crippen molar-refractivity contribution in [2.45, 2.75) is 43.7 Å². The van der Waals surface area contributed by atoms with Gasteiger partial charge in [-0.2, -0.15) is 26.3 Å². The summed E-state index contributed by atoms with van der Waals surface area (Å²) in [5.74, 6) is -3.69. The van der Waals surface area contributed by atoms with Crippen LogP contribution in [0.5, 0.6) is 0 Å². The Bertz CT molecular complexity index is 644. The van der Waals surface area contributed by atoms with Crippen LogP contribution in [0.15, 0.2) is 30.3 Å². The summed E-state index contributed by atoms with van der Waals surface area (Å²) >= 11 is 0. The SMILES string of the molecule is O=C(OCC(F)(F)F)C(=O)N1C(c2ccccc2)CCCC1C(F)(F)F. The van der Waals surface area contributed by atoms with Gasteiger partial charge in [-0.15, -0.1) is 0 Å². The van der Waals surface area contributed by atoms with Gasteiger partial charge in [0.1, 0.15) is 6.04 Å². The number of alkyl halides is 6. The molecule has 1 amide bonds. The van der Waals surface area contributed by atoms with Crippen molar-refractivity contribution in [3.63, 3.8) is 0 Å². The highest BCUT2D eigenvalue weighted by atomic mass is 19.4. The number of nitrogens with zero attached hydrogens (tertiary/aromatic N) is 1. The van der Waals surface area contributed by atoms with E-state index in [4.69, 9.17) is 0 Å². The van der Waals surface area contributed by atoms with Gasteiger partial charge in [0.05, 0.1) is 6.04 Å². The maximum absolute atomic E-state index is 13.4. The second-order valence-corrected chi connectivity index (χ2v) is 5.82. The topological polar surface area (TPSA) is 46.6 Å². The summed E-state index contributed by atoms with van der Waals surface area (Å²) < 4.78 is 80.3. The molecule has 0 bridgehead atoms. The van der Waals surface area contributed by atoms with E-state index in [1.54, 1.807) is 18.2 Å². The molecule has 10 heteroatoms. The van der Waals surface area contributed by atoms with E-state index in [0.29, 0.717) is 10.5 Å². The summed E-state index contributed by atoms with van der Waals surface area (Å²) in [5.41, 5.74) is 0.360. The van der Waals surface area contributed by atoms with Gasteiger partial charge in [0.25, 0.3) is 0 Å². The molecule has 1 aromatic rings. The number of carbonyl (C=O) groups excluding carboxylic acids is 2. The fraction of sp³-hybridized carbons (Fsp3) is 0.500. The summed E-state index contributed by atoms with van der Waals surface area (Å²) in [7, 11) is 0. The number of carbonyl (C=O) groups is 2. The van der Waals surface area contributed by atoms with Crippen molar-refractivity contribution in [1.29, 1.82) is 0 Å². The normalized spacial score (nSPS) is 21.4. The van der Waals surface area contributed by atoms with E-state index in [-0.39, 0.29) is 12.8 Å². The zero-order chi connectivity index (χ0) is 19.5. The molecule has 2 atom stereocenters. The van der Waals surface area contributed by atoms with Gasteiger partial charge < -0.3 is 9.64 Å². The molecular formula is C16H15F6NO3. The number of benzene rings is 1. The van der Waals surface area contributed by atoms with Crippen LogP contribution in [0.2, 0.25) is 0 Å². The Balaban J connectivity index is 2.31. The van der Waals surface area contributed by atoms with E-state index in [9.17, 15) is 35.9 Å². The second kappa shape index (κ2) is 7.55. The summed E-state index contributed by atoms with van der Waals surface area (Å²) in [5, 5.41) is 0. The minimum absolute atomic E-state index is 0.144. The fourth-order valence-electron chi connectivity index (χ4n) is 2.92. The Morgan fingerprint density at radius 1 is 1.04 bits per heavy atom. The molecule has 0 aliphatic carbocycles. The van der Waals surface area contributed by atoms with Gasteiger partial charge in [-0.3, -0.25) is 4.79 Å². The zero-order valence-corrected chi connectivity index (χ0v) is 13.3. The van der Waals surface area contributed by atoms with E-state index in [0.717, 1.165) is 0 Å². The van der Waals surface area contributed by atoms with Crippen molar-refractivity contribution >= 4 is 11.9 Å². The van der Waals surface area contributed by atoms with E-state index < -0.39 is 49.3 Å². The molecule has 0 aromatic heterocycles. The Kier molecular flexibility index (Phi) is 5.82. The molecule has 0 spiro atoms. The minimum Gasteiger partial charge on any atom is -0.449 e. The van der Waals surface area contributed by atoms with Gasteiger partial charge >= 0.3 is 24.2 Å². The van der Waals surface area contributed by atoms with Crippen molar-refractivity contribution < 1.29 is 40.7 Å². The lowest BCUT2D eigenvalue weighted by molar-refractivity contribution is -0.210. The van der Waals surface area contributed by atoms with Crippen molar-refractivity contribution in [2.75, 3.05) is 6.61 Å². The van der Waals surface area contributed by atoms with Crippen LogP contribution in [0.25, 0.3) is 0 Å². The maximum atomic E-state index is 13.4. The third-order valence-corrected chi connectivity index (χ3v) is 3.96. The molecule has 0 saturated carbocycles. The van der Waals surface area contributed by atoms with E-state index in [2.05, 4.69) is 4.74 Å². The van der Waals surface area contributed by atoms with Gasteiger partial charge in [0.15, 0.2) is 6.61 Å². The number of ether oxygens (including phenoxy) is 1. The summed E-state index contributed by atoms with van der Waals surface area (Å²) in [6, 6.07) is 4.36. The van der Waals surface area contributed by atoms with Crippen molar-refractivity contribution in [1.82, 2.24) is 4.90 Å². The first-order valence-electron chi connectivity index (χ1n) is 7.68. The molecule has 0 N–H and O–H groups in total. The van der Waals surface area contributed by atoms with Crippen LogP contribution in [-0.4, -0.2) is 41.8 Å². The van der Waals surface area contributed by atoms with E-state index in [1.165, 1.54) is 12.1 Å². The third-order valence-electron chi connectivity index (χ3n) is 3.96.